The molecule has 4 atom stereocenters. The number of carbonyl (C=O) groups excluding carboxylic acids is 4. The number of unbranched alkanes of at least 4 members (excludes halogenated alkanes) is 3. The minimum Gasteiger partial charge on any atom is -0.491 e. The molecule has 0 radical (unpaired) electrons. The van der Waals surface area contributed by atoms with Gasteiger partial charge >= 0.3 is 0 Å². The van der Waals surface area contributed by atoms with Crippen molar-refractivity contribution in [1.82, 2.24) is 10.6 Å². The average molecular weight is 705 g/mol. The fourth-order valence-corrected chi connectivity index (χ4v) is 9.26. The van der Waals surface area contributed by atoms with Gasteiger partial charge in [-0.05, 0) is 99.1 Å². The molecular formula is C41H56N2O6S. The number of thioether (sulfide) groups is 1. The third-order valence-electron chi connectivity index (χ3n) is 10.4. The highest BCUT2D eigenvalue weighted by Crippen LogP contribution is 2.40. The standard InChI is InChI=1S/C41H56N2O6S/c44-34(14-2-1-7-22-42-40(46)17-6-5-16-39-36-28-41(47)43-37(36)29-50-39)15-9-23-48-24-25-49-35-20-18-32(19-21-35)38(45)27-30-10-8-13-31-11-3-4-12-33(31)26-30/h3-4,11-12,18-21,30,36-37,39H,1-2,5-10,13-17,22-29H2,(H,42,46)(H,43,47)/t30-,36+,37+,39+/m1/s1. The summed E-state index contributed by atoms with van der Waals surface area (Å²) in [5, 5.41) is 6.63. The summed E-state index contributed by atoms with van der Waals surface area (Å²) in [7, 11) is 0. The summed E-state index contributed by atoms with van der Waals surface area (Å²) < 4.78 is 11.5. The van der Waals surface area contributed by atoms with Crippen molar-refractivity contribution >= 4 is 35.1 Å². The van der Waals surface area contributed by atoms with E-state index in [0.717, 1.165) is 81.3 Å². The molecule has 2 fully saturated rings. The van der Waals surface area contributed by atoms with Crippen LogP contribution in [0.4, 0.5) is 0 Å². The number of benzene rings is 2. The molecule has 2 aliphatic heterocycles. The molecule has 2 heterocycles. The summed E-state index contributed by atoms with van der Waals surface area (Å²) >= 11 is 1.97. The van der Waals surface area contributed by atoms with E-state index in [9.17, 15) is 19.2 Å². The molecular weight excluding hydrogens is 649 g/mol. The van der Waals surface area contributed by atoms with Crippen molar-refractivity contribution in [3.63, 3.8) is 0 Å². The van der Waals surface area contributed by atoms with E-state index < -0.39 is 0 Å². The molecule has 0 saturated carbocycles. The summed E-state index contributed by atoms with van der Waals surface area (Å²) in [6.07, 6.45) is 13.6. The van der Waals surface area contributed by atoms with Crippen molar-refractivity contribution < 1.29 is 28.7 Å². The largest absolute Gasteiger partial charge is 0.491 e. The highest BCUT2D eigenvalue weighted by molar-refractivity contribution is 8.00. The van der Waals surface area contributed by atoms with Crippen LogP contribution in [-0.2, 0) is 32.0 Å². The Morgan fingerprint density at radius 2 is 1.64 bits per heavy atom. The van der Waals surface area contributed by atoms with Crippen LogP contribution < -0.4 is 15.4 Å². The van der Waals surface area contributed by atoms with Gasteiger partial charge in [-0.15, -0.1) is 0 Å². The molecule has 8 nitrogen and oxygen atoms in total. The second-order valence-corrected chi connectivity index (χ2v) is 15.6. The average Bonchev–Trinajstić information content (AvgIpc) is 3.59. The minimum atomic E-state index is 0.109. The summed E-state index contributed by atoms with van der Waals surface area (Å²) in [5.41, 5.74) is 3.56. The first kappa shape index (κ1) is 38.1. The van der Waals surface area contributed by atoms with Crippen LogP contribution in [0.2, 0.25) is 0 Å². The third-order valence-corrected chi connectivity index (χ3v) is 12.0. The number of amides is 2. The lowest BCUT2D eigenvalue weighted by molar-refractivity contribution is -0.121. The number of ketones is 2. The molecule has 272 valence electrons. The van der Waals surface area contributed by atoms with Crippen LogP contribution in [0.1, 0.15) is 111 Å². The molecule has 1 aliphatic carbocycles. The zero-order valence-electron chi connectivity index (χ0n) is 29.6. The molecule has 5 rings (SSSR count). The van der Waals surface area contributed by atoms with Gasteiger partial charge in [0.15, 0.2) is 5.78 Å². The molecule has 2 aromatic rings. The highest BCUT2D eigenvalue weighted by atomic mass is 32.2. The van der Waals surface area contributed by atoms with Crippen LogP contribution in [0.3, 0.4) is 0 Å². The minimum absolute atomic E-state index is 0.109. The van der Waals surface area contributed by atoms with E-state index in [2.05, 4.69) is 34.9 Å². The lowest BCUT2D eigenvalue weighted by Crippen LogP contribution is -2.29. The monoisotopic (exact) mass is 704 g/mol. The van der Waals surface area contributed by atoms with Gasteiger partial charge in [0.05, 0.1) is 6.61 Å². The van der Waals surface area contributed by atoms with E-state index in [0.29, 0.717) is 88.0 Å². The smallest absolute Gasteiger partial charge is 0.220 e. The van der Waals surface area contributed by atoms with Gasteiger partial charge in [0.2, 0.25) is 11.8 Å². The Labute approximate surface area is 302 Å². The van der Waals surface area contributed by atoms with Crippen molar-refractivity contribution in [3.05, 3.63) is 65.2 Å². The lowest BCUT2D eigenvalue weighted by atomic mass is 9.90. The molecule has 50 heavy (non-hydrogen) atoms. The first-order chi connectivity index (χ1) is 24.4. The predicted molar refractivity (Wildman–Crippen MR) is 199 cm³/mol. The van der Waals surface area contributed by atoms with Gasteiger partial charge in [-0.3, -0.25) is 19.2 Å². The van der Waals surface area contributed by atoms with Crippen molar-refractivity contribution in [2.24, 2.45) is 11.8 Å². The maximum absolute atomic E-state index is 13.0. The maximum Gasteiger partial charge on any atom is 0.220 e. The molecule has 2 saturated heterocycles. The van der Waals surface area contributed by atoms with E-state index >= 15 is 0 Å². The van der Waals surface area contributed by atoms with Gasteiger partial charge in [0.1, 0.15) is 18.1 Å². The Kier molecular flexibility index (Phi) is 15.7. The normalized spacial score (nSPS) is 21.2. The molecule has 2 N–H and O–H groups in total. The van der Waals surface area contributed by atoms with Crippen LogP contribution >= 0.6 is 11.8 Å². The second-order valence-electron chi connectivity index (χ2n) is 14.3. The van der Waals surface area contributed by atoms with Crippen molar-refractivity contribution in [1.29, 1.82) is 0 Å². The number of fused-ring (bicyclic) bond motifs is 2. The first-order valence-electron chi connectivity index (χ1n) is 19.0. The fraction of sp³-hybridized carbons (Fsp3) is 0.610. The molecule has 0 unspecified atom stereocenters. The van der Waals surface area contributed by atoms with E-state index in [4.69, 9.17) is 9.47 Å². The Morgan fingerprint density at radius 1 is 0.840 bits per heavy atom. The third kappa shape index (κ3) is 12.6. The molecule has 2 amide bonds. The van der Waals surface area contributed by atoms with E-state index in [1.54, 1.807) is 0 Å². The van der Waals surface area contributed by atoms with Crippen LogP contribution in [0, 0.1) is 11.8 Å². The van der Waals surface area contributed by atoms with Gasteiger partial charge < -0.3 is 20.1 Å². The van der Waals surface area contributed by atoms with E-state index in [1.807, 2.05) is 36.0 Å². The Hall–Kier alpha value is -3.17. The molecule has 0 bridgehead atoms. The van der Waals surface area contributed by atoms with Crippen molar-refractivity contribution in [3.8, 4) is 5.75 Å². The van der Waals surface area contributed by atoms with Crippen molar-refractivity contribution in [2.75, 3.05) is 32.1 Å². The zero-order valence-corrected chi connectivity index (χ0v) is 30.5. The van der Waals surface area contributed by atoms with Gasteiger partial charge in [0, 0.05) is 73.8 Å². The van der Waals surface area contributed by atoms with Gasteiger partial charge in [-0.25, -0.2) is 0 Å². The Balaban J connectivity index is 0.805. The number of Topliss-reactive ketones (excluding diaryl/α,β-unsaturated/α-hetero) is 2. The highest BCUT2D eigenvalue weighted by Gasteiger charge is 2.42. The quantitative estimate of drug-likeness (QED) is 0.0768. The van der Waals surface area contributed by atoms with Crippen LogP contribution in [0.5, 0.6) is 5.75 Å². The van der Waals surface area contributed by atoms with Gasteiger partial charge in [0.25, 0.3) is 0 Å². The van der Waals surface area contributed by atoms with Gasteiger partial charge in [-0.2, -0.15) is 11.8 Å². The van der Waals surface area contributed by atoms with Crippen LogP contribution in [0.25, 0.3) is 0 Å². The number of ether oxygens (including phenoxy) is 2. The first-order valence-corrected chi connectivity index (χ1v) is 20.1. The Morgan fingerprint density at radius 3 is 2.50 bits per heavy atom. The van der Waals surface area contributed by atoms with Gasteiger partial charge in [-0.1, -0.05) is 37.1 Å². The molecule has 0 spiro atoms. The SMILES string of the molecule is O=C(CCCCCNC(=O)CCCC[C@@H]1SC[C@@H]2NC(=O)C[C@@H]21)CCCOCCOc1ccc(C(=O)C[C@@H]2CCCc3ccccc3C2)cc1. The summed E-state index contributed by atoms with van der Waals surface area (Å²) in [6, 6.07) is 16.4. The zero-order chi connectivity index (χ0) is 35.0. The summed E-state index contributed by atoms with van der Waals surface area (Å²) in [4.78, 5) is 49.0. The number of hydrogen-bond acceptors (Lipinski definition) is 7. The summed E-state index contributed by atoms with van der Waals surface area (Å²) in [5.74, 6) is 3.37. The predicted octanol–water partition coefficient (Wildman–Crippen LogP) is 7.06. The summed E-state index contributed by atoms with van der Waals surface area (Å²) in [6.45, 7) is 2.06. The number of hydrogen-bond donors (Lipinski definition) is 2. The lowest BCUT2D eigenvalue weighted by Gasteiger charge is -2.15. The van der Waals surface area contributed by atoms with Crippen molar-refractivity contribution in [2.45, 2.75) is 114 Å². The second kappa shape index (κ2) is 20.6. The fourth-order valence-electron chi connectivity index (χ4n) is 7.61. The van der Waals surface area contributed by atoms with Crippen LogP contribution in [0.15, 0.2) is 48.5 Å². The topological polar surface area (TPSA) is 111 Å². The molecule has 0 aromatic heterocycles. The van der Waals surface area contributed by atoms with E-state index in [1.165, 1.54) is 11.1 Å². The van der Waals surface area contributed by atoms with E-state index in [-0.39, 0.29) is 23.4 Å². The molecule has 2 aromatic carbocycles. The Bertz CT molecular complexity index is 1400. The number of nitrogens with one attached hydrogen (secondary N) is 2. The molecule has 3 aliphatic rings. The number of carbonyl (C=O) groups is 4. The number of rotatable bonds is 22. The number of aryl methyl sites for hydroxylation is 1. The maximum atomic E-state index is 13.0. The molecule has 9 heteroatoms. The van der Waals surface area contributed by atoms with Crippen LogP contribution in [-0.4, -0.2) is 66.8 Å².